The Labute approximate surface area is 98.1 Å². The van der Waals surface area contributed by atoms with Crippen LogP contribution in [0, 0.1) is 0 Å². The highest BCUT2D eigenvalue weighted by atomic mass is 16.5. The monoisotopic (exact) mass is 244 g/mol. The van der Waals surface area contributed by atoms with Gasteiger partial charge in [0, 0.05) is 12.4 Å². The topological polar surface area (TPSA) is 154 Å². The molecule has 0 atom stereocenters. The number of amides is 3. The number of ether oxygens (including phenoxy) is 1. The van der Waals surface area contributed by atoms with Crippen LogP contribution in [0.5, 0.6) is 0 Å². The molecule has 0 saturated heterocycles. The normalized spacial score (nSPS) is 7.59. The minimum Gasteiger partial charge on any atom is -0.450 e. The summed E-state index contributed by atoms with van der Waals surface area (Å²) in [5.41, 5.74) is 13.2. The molecule has 17 heavy (non-hydrogen) atoms. The molecule has 1 aromatic heterocycles. The van der Waals surface area contributed by atoms with Crippen molar-refractivity contribution >= 4 is 17.9 Å². The van der Waals surface area contributed by atoms with Crippen molar-refractivity contribution in [1.29, 1.82) is 0 Å². The Kier molecular flexibility index (Phi) is 11.5. The Morgan fingerprint density at radius 1 is 1.06 bits per heavy atom. The minimum absolute atomic E-state index is 0.356. The Morgan fingerprint density at radius 2 is 1.47 bits per heavy atom. The van der Waals surface area contributed by atoms with Crippen molar-refractivity contribution in [3.05, 3.63) is 24.5 Å². The standard InChI is InChI=1S/C4H5N.C3H7NO2.C2H4N2O2/c1-2-4-5-3-1;1-2-6-3(4)5;3-1(5)2(4)6/h1-5H;2H2,1H3,(H2,4,5);(H2,3,5)(H2,4,6). The molecule has 0 aromatic carbocycles. The molecule has 8 nitrogen and oxygen atoms in total. The maximum atomic E-state index is 9.60. The number of H-pyrrole nitrogens is 1. The number of aromatic nitrogens is 1. The summed E-state index contributed by atoms with van der Waals surface area (Å²) in [4.78, 5) is 31.4. The first-order valence-corrected chi connectivity index (χ1v) is 4.51. The number of hydrogen-bond acceptors (Lipinski definition) is 4. The average molecular weight is 244 g/mol. The molecule has 0 aliphatic carbocycles. The molecular formula is C9H16N4O4. The summed E-state index contributed by atoms with van der Waals surface area (Å²) in [6.45, 7) is 2.06. The molecule has 0 unspecified atom stereocenters. The molecule has 0 radical (unpaired) electrons. The van der Waals surface area contributed by atoms with E-state index in [9.17, 15) is 14.4 Å². The fourth-order valence-corrected chi connectivity index (χ4v) is 0.420. The molecule has 96 valence electrons. The van der Waals surface area contributed by atoms with Crippen LogP contribution in [0.25, 0.3) is 0 Å². The van der Waals surface area contributed by atoms with Gasteiger partial charge in [-0.2, -0.15) is 0 Å². The predicted octanol–water partition coefficient (Wildman–Crippen LogP) is -0.927. The first kappa shape index (κ1) is 16.9. The number of primary amides is 3. The molecule has 7 N–H and O–H groups in total. The molecule has 0 spiro atoms. The summed E-state index contributed by atoms with van der Waals surface area (Å²) in [6, 6.07) is 3.89. The fourth-order valence-electron chi connectivity index (χ4n) is 0.420. The van der Waals surface area contributed by atoms with Crippen LogP contribution in [0.1, 0.15) is 6.92 Å². The van der Waals surface area contributed by atoms with Crippen LogP contribution in [0.3, 0.4) is 0 Å². The molecule has 8 heteroatoms. The lowest BCUT2D eigenvalue weighted by Crippen LogP contribution is -2.29. The summed E-state index contributed by atoms with van der Waals surface area (Å²) in [6.07, 6.45) is 3.04. The Bertz CT molecular complexity index is 295. The molecule has 0 fully saturated rings. The van der Waals surface area contributed by atoms with Gasteiger partial charge in [0.2, 0.25) is 0 Å². The summed E-state index contributed by atoms with van der Waals surface area (Å²) in [5, 5.41) is 0. The Balaban J connectivity index is 0. The summed E-state index contributed by atoms with van der Waals surface area (Å²) in [7, 11) is 0. The molecule has 1 heterocycles. The van der Waals surface area contributed by atoms with Gasteiger partial charge in [-0.1, -0.05) is 0 Å². The van der Waals surface area contributed by atoms with Crippen molar-refractivity contribution in [3.8, 4) is 0 Å². The second-order valence-electron chi connectivity index (χ2n) is 2.37. The number of hydrogen-bond donors (Lipinski definition) is 4. The van der Waals surface area contributed by atoms with Crippen LogP contribution < -0.4 is 17.2 Å². The Hall–Kier alpha value is -2.51. The smallest absolute Gasteiger partial charge is 0.404 e. The zero-order valence-electron chi connectivity index (χ0n) is 9.38. The third-order valence-corrected chi connectivity index (χ3v) is 1.03. The molecule has 0 bridgehead atoms. The van der Waals surface area contributed by atoms with Crippen molar-refractivity contribution < 1.29 is 19.1 Å². The molecule has 1 aromatic rings. The molecule has 0 saturated carbocycles. The van der Waals surface area contributed by atoms with Gasteiger partial charge in [0.1, 0.15) is 0 Å². The van der Waals surface area contributed by atoms with E-state index in [0.29, 0.717) is 6.61 Å². The van der Waals surface area contributed by atoms with Gasteiger partial charge in [-0.05, 0) is 19.1 Å². The van der Waals surface area contributed by atoms with Crippen molar-refractivity contribution in [2.45, 2.75) is 6.92 Å². The number of rotatable bonds is 1. The van der Waals surface area contributed by atoms with E-state index >= 15 is 0 Å². The van der Waals surface area contributed by atoms with Gasteiger partial charge >= 0.3 is 17.9 Å². The Morgan fingerprint density at radius 3 is 1.53 bits per heavy atom. The maximum absolute atomic E-state index is 9.60. The fraction of sp³-hybridized carbons (Fsp3) is 0.222. The van der Waals surface area contributed by atoms with Gasteiger partial charge < -0.3 is 26.9 Å². The van der Waals surface area contributed by atoms with Crippen LogP contribution in [-0.4, -0.2) is 29.5 Å². The maximum Gasteiger partial charge on any atom is 0.404 e. The van der Waals surface area contributed by atoms with Gasteiger partial charge in [0.15, 0.2) is 0 Å². The lowest BCUT2D eigenvalue weighted by molar-refractivity contribution is -0.135. The van der Waals surface area contributed by atoms with E-state index in [4.69, 9.17) is 0 Å². The van der Waals surface area contributed by atoms with Gasteiger partial charge in [0.05, 0.1) is 6.61 Å². The van der Waals surface area contributed by atoms with Gasteiger partial charge in [0.25, 0.3) is 0 Å². The molecule has 0 aliphatic heterocycles. The van der Waals surface area contributed by atoms with E-state index in [1.807, 2.05) is 24.5 Å². The van der Waals surface area contributed by atoms with Crippen molar-refractivity contribution in [1.82, 2.24) is 4.98 Å². The van der Waals surface area contributed by atoms with E-state index in [2.05, 4.69) is 26.9 Å². The van der Waals surface area contributed by atoms with Crippen molar-refractivity contribution in [2.75, 3.05) is 6.61 Å². The minimum atomic E-state index is -1.10. The highest BCUT2D eigenvalue weighted by molar-refractivity contribution is 6.33. The highest BCUT2D eigenvalue weighted by Gasteiger charge is 1.96. The van der Waals surface area contributed by atoms with E-state index in [0.717, 1.165) is 0 Å². The lowest BCUT2D eigenvalue weighted by Gasteiger charge is -1.89. The zero-order valence-corrected chi connectivity index (χ0v) is 9.38. The lowest BCUT2D eigenvalue weighted by atomic mass is 10.6. The zero-order chi connectivity index (χ0) is 13.7. The number of carbonyl (C=O) groups excluding carboxylic acids is 3. The molecule has 0 aliphatic rings. The number of carbonyl (C=O) groups is 3. The van der Waals surface area contributed by atoms with Gasteiger partial charge in [-0.25, -0.2) is 4.79 Å². The van der Waals surface area contributed by atoms with Crippen LogP contribution >= 0.6 is 0 Å². The van der Waals surface area contributed by atoms with Crippen molar-refractivity contribution in [2.24, 2.45) is 17.2 Å². The summed E-state index contributed by atoms with van der Waals surface area (Å²) >= 11 is 0. The third kappa shape index (κ3) is 19.8. The second-order valence-corrected chi connectivity index (χ2v) is 2.37. The van der Waals surface area contributed by atoms with Gasteiger partial charge in [-0.3, -0.25) is 9.59 Å². The van der Waals surface area contributed by atoms with Crippen LogP contribution in [0.4, 0.5) is 4.79 Å². The van der Waals surface area contributed by atoms with E-state index < -0.39 is 17.9 Å². The average Bonchev–Trinajstić information content (AvgIpc) is 2.75. The number of aromatic amines is 1. The first-order valence-electron chi connectivity index (χ1n) is 4.51. The molecule has 3 amide bonds. The molecule has 1 rings (SSSR count). The van der Waals surface area contributed by atoms with E-state index in [-0.39, 0.29) is 0 Å². The van der Waals surface area contributed by atoms with Crippen LogP contribution in [-0.2, 0) is 14.3 Å². The SMILES string of the molecule is CCOC(N)=O.NC(=O)C(N)=O.c1cc[nH]c1. The highest BCUT2D eigenvalue weighted by Crippen LogP contribution is 1.72. The quantitative estimate of drug-likeness (QED) is 0.471. The van der Waals surface area contributed by atoms with Gasteiger partial charge in [-0.15, -0.1) is 0 Å². The molecular weight excluding hydrogens is 228 g/mol. The van der Waals surface area contributed by atoms with E-state index in [1.165, 1.54) is 0 Å². The van der Waals surface area contributed by atoms with Crippen molar-refractivity contribution in [3.63, 3.8) is 0 Å². The summed E-state index contributed by atoms with van der Waals surface area (Å²) < 4.78 is 4.18. The number of nitrogens with two attached hydrogens (primary N) is 3. The van der Waals surface area contributed by atoms with E-state index in [1.54, 1.807) is 6.92 Å². The second kappa shape index (κ2) is 11.6. The largest absolute Gasteiger partial charge is 0.450 e. The van der Waals surface area contributed by atoms with Crippen LogP contribution in [0.2, 0.25) is 0 Å². The van der Waals surface area contributed by atoms with Crippen LogP contribution in [0.15, 0.2) is 24.5 Å². The number of nitrogens with one attached hydrogen (secondary N) is 1. The third-order valence-electron chi connectivity index (χ3n) is 1.03. The summed E-state index contributed by atoms with van der Waals surface area (Å²) in [5.74, 6) is -2.20. The first-order chi connectivity index (χ1) is 7.91. The predicted molar refractivity (Wildman–Crippen MR) is 60.4 cm³/mol.